The van der Waals surface area contributed by atoms with Crippen LogP contribution in [0.3, 0.4) is 0 Å². The second-order valence-corrected chi connectivity index (χ2v) is 7.33. The lowest BCUT2D eigenvalue weighted by Gasteiger charge is -2.24. The number of hydrogen-bond acceptors (Lipinski definition) is 7. The van der Waals surface area contributed by atoms with Gasteiger partial charge in [-0.25, -0.2) is 0 Å². The lowest BCUT2D eigenvalue weighted by atomic mass is 10.1. The number of benzene rings is 1. The van der Waals surface area contributed by atoms with E-state index in [9.17, 15) is 14.7 Å². The summed E-state index contributed by atoms with van der Waals surface area (Å²) in [7, 11) is 0. The molecule has 2 heterocycles. The van der Waals surface area contributed by atoms with Gasteiger partial charge in [0.05, 0.1) is 18.1 Å². The zero-order valence-corrected chi connectivity index (χ0v) is 17.1. The number of nitrogens with zero attached hydrogens (tertiary/aromatic N) is 3. The van der Waals surface area contributed by atoms with Gasteiger partial charge in [-0.15, -0.1) is 9.51 Å². The molecule has 4 N–H and O–H groups in total. The fourth-order valence-electron chi connectivity index (χ4n) is 3.33. The smallest absolute Gasteiger partial charge is 0.415 e. The normalized spacial score (nSPS) is 18.4. The lowest BCUT2D eigenvalue weighted by molar-refractivity contribution is -0.283. The van der Waals surface area contributed by atoms with E-state index in [1.165, 1.54) is 4.90 Å². The average Bonchev–Trinajstić information content (AvgIpc) is 3.41. The van der Waals surface area contributed by atoms with Gasteiger partial charge in [-0.1, -0.05) is 24.3 Å². The minimum absolute atomic E-state index is 0.0677. The van der Waals surface area contributed by atoms with E-state index in [0.29, 0.717) is 11.4 Å². The highest BCUT2D eigenvalue weighted by Gasteiger charge is 2.38. The molecule has 2 amide bonds. The van der Waals surface area contributed by atoms with Crippen molar-refractivity contribution in [2.24, 2.45) is 5.90 Å². The molecule has 1 saturated heterocycles. The number of β-amino-alcohol motifs (C(OH)–C–C–N with tert-alkyl or cyclic N) is 1. The Morgan fingerprint density at radius 2 is 2.23 bits per heavy atom. The fourth-order valence-corrected chi connectivity index (χ4v) is 3.33. The Morgan fingerprint density at radius 3 is 2.84 bits per heavy atom. The van der Waals surface area contributed by atoms with Crippen molar-refractivity contribution in [3.8, 4) is 11.4 Å². The summed E-state index contributed by atoms with van der Waals surface area (Å²) in [5, 5.41) is 16.6. The summed E-state index contributed by atoms with van der Waals surface area (Å²) in [5.41, 5.74) is 2.29. The van der Waals surface area contributed by atoms with Crippen LogP contribution in [0.15, 0.2) is 52.8 Å². The van der Waals surface area contributed by atoms with Crippen LogP contribution in [0.5, 0.6) is 0 Å². The summed E-state index contributed by atoms with van der Waals surface area (Å²) < 4.78 is 4.60. The van der Waals surface area contributed by atoms with E-state index in [2.05, 4.69) is 33.0 Å². The maximum atomic E-state index is 12.7. The first-order chi connectivity index (χ1) is 14.9. The van der Waals surface area contributed by atoms with Gasteiger partial charge in [-0.3, -0.25) is 9.59 Å². The Labute approximate surface area is 179 Å². The van der Waals surface area contributed by atoms with Crippen molar-refractivity contribution in [1.82, 2.24) is 15.4 Å². The summed E-state index contributed by atoms with van der Waals surface area (Å²) >= 11 is 0. The predicted octanol–water partition coefficient (Wildman–Crippen LogP) is 0.0601. The topological polar surface area (TPSA) is 145 Å². The van der Waals surface area contributed by atoms with Gasteiger partial charge in [0, 0.05) is 19.5 Å². The third-order valence-electron chi connectivity index (χ3n) is 4.79. The number of carbonyl (C=O) groups excluding carboxylic acids is 2. The van der Waals surface area contributed by atoms with Crippen LogP contribution in [0.4, 0.5) is 0 Å². The number of allylic oxidation sites excluding steroid dienone is 2. The zero-order chi connectivity index (χ0) is 22.4. The predicted molar refractivity (Wildman–Crippen MR) is 107 cm³/mol. The summed E-state index contributed by atoms with van der Waals surface area (Å²) in [4.78, 5) is 35.4. The number of nitrogens with two attached hydrogens (primary N) is 1. The molecule has 0 unspecified atom stereocenters. The summed E-state index contributed by atoms with van der Waals surface area (Å²) in [6, 6.07) is 6.48. The maximum absolute atomic E-state index is 12.7. The van der Waals surface area contributed by atoms with Gasteiger partial charge >= 0.3 is 12.2 Å². The molecule has 1 aliphatic rings. The Morgan fingerprint density at radius 1 is 1.48 bits per heavy atom. The average molecular weight is 426 g/mol. The van der Waals surface area contributed by atoms with Gasteiger partial charge in [-0.2, -0.15) is 5.90 Å². The molecule has 2 aromatic rings. The molecule has 31 heavy (non-hydrogen) atoms. The minimum atomic E-state index is -0.780. The first kappa shape index (κ1) is 22.0. The molecule has 1 fully saturated rings. The molecule has 0 saturated carbocycles. The molecule has 2 atom stereocenters. The third kappa shape index (κ3) is 5.69. The van der Waals surface area contributed by atoms with E-state index in [0.717, 1.165) is 11.1 Å². The number of rotatable bonds is 8. The highest BCUT2D eigenvalue weighted by Crippen LogP contribution is 2.21. The SMILES string of the molecule is C=C(C)/C=C(/CC(=O)N1C[C@H](O)C[C@H]1C(=O)NCc1ccc(-c2noc#[n+]2)cc1)ON. The van der Waals surface area contributed by atoms with Crippen LogP contribution >= 0.6 is 0 Å². The summed E-state index contributed by atoms with van der Waals surface area (Å²) in [6.45, 7) is 5.79. The van der Waals surface area contributed by atoms with Crippen molar-refractivity contribution >= 4 is 11.8 Å². The van der Waals surface area contributed by atoms with E-state index >= 15 is 0 Å². The lowest BCUT2D eigenvalue weighted by Crippen LogP contribution is -2.45. The highest BCUT2D eigenvalue weighted by molar-refractivity contribution is 5.89. The van der Waals surface area contributed by atoms with Gasteiger partial charge < -0.3 is 20.2 Å². The molecule has 0 bridgehead atoms. The third-order valence-corrected chi connectivity index (χ3v) is 4.79. The van der Waals surface area contributed by atoms with E-state index in [1.807, 2.05) is 12.1 Å². The Bertz CT molecular complexity index is 955. The molecule has 1 aliphatic heterocycles. The first-order valence-electron chi connectivity index (χ1n) is 9.64. The standard InChI is InChI=1S/C21H23N5O5/c1-13(2)7-17(31-22)9-19(28)26-11-16(27)8-18(26)21(29)23-10-14-3-5-15(6-4-14)20-24-12-30-25-20/h3-7,16,18,27H,1,8-11,22H2,2H3/p+1/b17-7-/t16-,18+/m1/s1. The molecular formula is C21H24N5O5+. The van der Waals surface area contributed by atoms with Crippen LogP contribution in [0.1, 0.15) is 25.3 Å². The van der Waals surface area contributed by atoms with Crippen molar-refractivity contribution in [1.29, 1.82) is 0 Å². The number of amides is 2. The first-order valence-corrected chi connectivity index (χ1v) is 9.64. The van der Waals surface area contributed by atoms with Gasteiger partial charge in [0.1, 0.15) is 11.8 Å². The van der Waals surface area contributed by atoms with E-state index in [-0.39, 0.29) is 43.5 Å². The van der Waals surface area contributed by atoms with Crippen molar-refractivity contribution in [3.63, 3.8) is 0 Å². The number of aliphatic hydroxyl groups is 1. The monoisotopic (exact) mass is 426 g/mol. The second-order valence-electron chi connectivity index (χ2n) is 7.33. The van der Waals surface area contributed by atoms with E-state index in [1.54, 1.807) is 25.1 Å². The number of aromatic nitrogens is 2. The number of hydrogen-bond donors (Lipinski definition) is 3. The number of carbonyl (C=O) groups is 2. The Hall–Kier alpha value is -3.68. The molecular weight excluding hydrogens is 402 g/mol. The van der Waals surface area contributed by atoms with Crippen molar-refractivity contribution in [3.05, 3.63) is 60.2 Å². The molecule has 10 heteroatoms. The van der Waals surface area contributed by atoms with Crippen molar-refractivity contribution in [2.75, 3.05) is 6.54 Å². The molecule has 0 aliphatic carbocycles. The second kappa shape index (κ2) is 9.88. The van der Waals surface area contributed by atoms with E-state index < -0.39 is 12.1 Å². The highest BCUT2D eigenvalue weighted by atomic mass is 16.6. The molecule has 1 aromatic heterocycles. The fraction of sp³-hybridized carbons (Fsp3) is 0.333. The Balaban J connectivity index is 1.60. The van der Waals surface area contributed by atoms with Crippen molar-refractivity contribution in [2.45, 2.75) is 38.5 Å². The van der Waals surface area contributed by atoms with Gasteiger partial charge in [0.15, 0.2) is 5.16 Å². The molecule has 3 rings (SSSR count). The zero-order valence-electron chi connectivity index (χ0n) is 17.1. The van der Waals surface area contributed by atoms with Crippen LogP contribution < -0.4 is 16.2 Å². The summed E-state index contributed by atoms with van der Waals surface area (Å²) in [5.74, 6) is 5.16. The van der Waals surface area contributed by atoms with Crippen LogP contribution in [-0.2, 0) is 21.0 Å². The van der Waals surface area contributed by atoms with Crippen LogP contribution in [0.25, 0.3) is 11.4 Å². The maximum Gasteiger partial charge on any atom is 0.481 e. The minimum Gasteiger partial charge on any atom is -0.415 e. The molecule has 10 nitrogen and oxygen atoms in total. The number of nitrogens with one attached hydrogen (secondary N) is 1. The summed E-state index contributed by atoms with van der Waals surface area (Å²) in [6.07, 6.45) is 3.09. The van der Waals surface area contributed by atoms with Gasteiger partial charge in [-0.05, 0) is 30.7 Å². The number of aliphatic hydroxyl groups excluding tert-OH is 1. The van der Waals surface area contributed by atoms with Gasteiger partial charge in [0.25, 0.3) is 0 Å². The molecule has 1 aromatic carbocycles. The van der Waals surface area contributed by atoms with Crippen LogP contribution in [-0.4, -0.2) is 45.7 Å². The van der Waals surface area contributed by atoms with Gasteiger partial charge in [0.2, 0.25) is 11.8 Å². The van der Waals surface area contributed by atoms with Crippen molar-refractivity contribution < 1.29 is 29.0 Å². The Kier molecular flexibility index (Phi) is 7.02. The molecule has 162 valence electrons. The van der Waals surface area contributed by atoms with E-state index in [4.69, 9.17) is 10.7 Å². The number of likely N-dealkylation sites (tertiary alicyclic amines) is 1. The molecule has 0 radical (unpaired) electrons. The van der Waals surface area contributed by atoms with Crippen LogP contribution in [0.2, 0.25) is 0 Å². The molecule has 0 spiro atoms. The largest absolute Gasteiger partial charge is 0.481 e. The van der Waals surface area contributed by atoms with Crippen LogP contribution in [0, 0.1) is 6.39 Å². The quantitative estimate of drug-likeness (QED) is 0.305.